The molecule has 1 unspecified atom stereocenters. The van der Waals surface area contributed by atoms with Crippen molar-refractivity contribution in [3.63, 3.8) is 0 Å². The summed E-state index contributed by atoms with van der Waals surface area (Å²) in [6.07, 6.45) is 15.4. The molecule has 0 heterocycles. The zero-order chi connectivity index (χ0) is 13.5. The van der Waals surface area contributed by atoms with Gasteiger partial charge in [-0.15, -0.1) is 0 Å². The predicted molar refractivity (Wildman–Crippen MR) is 78.8 cm³/mol. The molecular formula is C16H34O2. The first-order chi connectivity index (χ1) is 8.81. The third-order valence-corrected chi connectivity index (χ3v) is 3.59. The van der Waals surface area contributed by atoms with Crippen LogP contribution in [0.2, 0.25) is 0 Å². The lowest BCUT2D eigenvalue weighted by atomic mass is 10.0. The average Bonchev–Trinajstić information content (AvgIpc) is 2.38. The first-order valence-electron chi connectivity index (χ1n) is 8.10. The van der Waals surface area contributed by atoms with Crippen LogP contribution in [0.4, 0.5) is 0 Å². The summed E-state index contributed by atoms with van der Waals surface area (Å²) in [7, 11) is 0. The van der Waals surface area contributed by atoms with Crippen LogP contribution in [0.3, 0.4) is 0 Å². The van der Waals surface area contributed by atoms with Crippen molar-refractivity contribution in [1.29, 1.82) is 0 Å². The van der Waals surface area contributed by atoms with Crippen LogP contribution < -0.4 is 0 Å². The average molecular weight is 258 g/mol. The number of rotatable bonds is 14. The maximum absolute atomic E-state index is 9.76. The van der Waals surface area contributed by atoms with E-state index in [1.807, 2.05) is 0 Å². The van der Waals surface area contributed by atoms with Gasteiger partial charge in [-0.05, 0) is 19.3 Å². The van der Waals surface area contributed by atoms with Crippen molar-refractivity contribution >= 4 is 0 Å². The second-order valence-electron chi connectivity index (χ2n) is 5.49. The fourth-order valence-electron chi connectivity index (χ4n) is 2.33. The van der Waals surface area contributed by atoms with E-state index >= 15 is 0 Å². The third kappa shape index (κ3) is 14.0. The zero-order valence-corrected chi connectivity index (χ0v) is 12.4. The SMILES string of the molecule is CCCCCCCCCCC(O)CCCCCO. The molecule has 0 aliphatic rings. The van der Waals surface area contributed by atoms with E-state index in [4.69, 9.17) is 5.11 Å². The number of hydrogen-bond donors (Lipinski definition) is 2. The van der Waals surface area contributed by atoms with E-state index in [1.165, 1.54) is 51.4 Å². The Balaban J connectivity index is 3.08. The molecule has 0 aromatic carbocycles. The maximum Gasteiger partial charge on any atom is 0.0540 e. The molecule has 110 valence electrons. The summed E-state index contributed by atoms with van der Waals surface area (Å²) in [5.74, 6) is 0. The van der Waals surface area contributed by atoms with E-state index in [2.05, 4.69) is 6.92 Å². The van der Waals surface area contributed by atoms with Gasteiger partial charge in [0.1, 0.15) is 0 Å². The highest BCUT2D eigenvalue weighted by Crippen LogP contribution is 2.13. The van der Waals surface area contributed by atoms with Crippen LogP contribution >= 0.6 is 0 Å². The lowest BCUT2D eigenvalue weighted by Gasteiger charge is -2.09. The molecule has 0 saturated carbocycles. The lowest BCUT2D eigenvalue weighted by Crippen LogP contribution is -2.06. The molecule has 0 spiro atoms. The molecule has 0 aliphatic carbocycles. The van der Waals surface area contributed by atoms with E-state index < -0.39 is 0 Å². The Hall–Kier alpha value is -0.0800. The van der Waals surface area contributed by atoms with E-state index in [0.29, 0.717) is 0 Å². The van der Waals surface area contributed by atoms with E-state index in [0.717, 1.165) is 32.1 Å². The van der Waals surface area contributed by atoms with Crippen molar-refractivity contribution in [3.8, 4) is 0 Å². The normalized spacial score (nSPS) is 12.8. The molecule has 0 aromatic rings. The van der Waals surface area contributed by atoms with Crippen molar-refractivity contribution in [2.24, 2.45) is 0 Å². The van der Waals surface area contributed by atoms with Gasteiger partial charge in [0.2, 0.25) is 0 Å². The monoisotopic (exact) mass is 258 g/mol. The Kier molecular flexibility index (Phi) is 14.9. The van der Waals surface area contributed by atoms with Gasteiger partial charge < -0.3 is 10.2 Å². The summed E-state index contributed by atoms with van der Waals surface area (Å²) in [5.41, 5.74) is 0. The summed E-state index contributed by atoms with van der Waals surface area (Å²) < 4.78 is 0. The van der Waals surface area contributed by atoms with Crippen molar-refractivity contribution < 1.29 is 10.2 Å². The van der Waals surface area contributed by atoms with Crippen LogP contribution in [-0.2, 0) is 0 Å². The van der Waals surface area contributed by atoms with Gasteiger partial charge in [0, 0.05) is 6.61 Å². The van der Waals surface area contributed by atoms with Crippen LogP contribution in [0, 0.1) is 0 Å². The molecule has 0 bridgehead atoms. The summed E-state index contributed by atoms with van der Waals surface area (Å²) in [6, 6.07) is 0. The second kappa shape index (κ2) is 15.0. The summed E-state index contributed by atoms with van der Waals surface area (Å²) in [4.78, 5) is 0. The predicted octanol–water partition coefficient (Wildman–Crippen LogP) is 4.43. The lowest BCUT2D eigenvalue weighted by molar-refractivity contribution is 0.146. The van der Waals surface area contributed by atoms with Crippen molar-refractivity contribution in [1.82, 2.24) is 0 Å². The Labute approximate surface area is 114 Å². The largest absolute Gasteiger partial charge is 0.396 e. The van der Waals surface area contributed by atoms with Gasteiger partial charge in [-0.1, -0.05) is 71.1 Å². The Bertz CT molecular complexity index is 148. The van der Waals surface area contributed by atoms with Crippen LogP contribution in [0.15, 0.2) is 0 Å². The van der Waals surface area contributed by atoms with Gasteiger partial charge in [0.05, 0.1) is 6.10 Å². The molecule has 2 heteroatoms. The first kappa shape index (κ1) is 17.9. The highest BCUT2D eigenvalue weighted by atomic mass is 16.3. The van der Waals surface area contributed by atoms with Gasteiger partial charge in [-0.25, -0.2) is 0 Å². The van der Waals surface area contributed by atoms with E-state index in [9.17, 15) is 5.11 Å². The Morgan fingerprint density at radius 3 is 1.61 bits per heavy atom. The highest BCUT2D eigenvalue weighted by molar-refractivity contribution is 4.57. The van der Waals surface area contributed by atoms with Gasteiger partial charge in [-0.2, -0.15) is 0 Å². The van der Waals surface area contributed by atoms with Crippen molar-refractivity contribution in [3.05, 3.63) is 0 Å². The molecule has 0 rings (SSSR count). The minimum Gasteiger partial charge on any atom is -0.396 e. The summed E-state index contributed by atoms with van der Waals surface area (Å²) in [5, 5.41) is 18.4. The Morgan fingerprint density at radius 2 is 1.11 bits per heavy atom. The fourth-order valence-corrected chi connectivity index (χ4v) is 2.33. The minimum absolute atomic E-state index is 0.108. The summed E-state index contributed by atoms with van der Waals surface area (Å²) >= 11 is 0. The van der Waals surface area contributed by atoms with E-state index in [1.54, 1.807) is 0 Å². The van der Waals surface area contributed by atoms with E-state index in [-0.39, 0.29) is 12.7 Å². The zero-order valence-electron chi connectivity index (χ0n) is 12.4. The molecule has 0 radical (unpaired) electrons. The minimum atomic E-state index is -0.108. The smallest absolute Gasteiger partial charge is 0.0540 e. The molecular weight excluding hydrogens is 224 g/mol. The summed E-state index contributed by atoms with van der Waals surface area (Å²) in [6.45, 7) is 2.54. The van der Waals surface area contributed by atoms with Gasteiger partial charge in [0.15, 0.2) is 0 Å². The molecule has 0 saturated heterocycles. The molecule has 2 nitrogen and oxygen atoms in total. The van der Waals surface area contributed by atoms with Crippen LogP contribution in [0.5, 0.6) is 0 Å². The third-order valence-electron chi connectivity index (χ3n) is 3.59. The van der Waals surface area contributed by atoms with Crippen LogP contribution in [-0.4, -0.2) is 22.9 Å². The quantitative estimate of drug-likeness (QED) is 0.452. The van der Waals surface area contributed by atoms with Gasteiger partial charge in [-0.3, -0.25) is 0 Å². The second-order valence-corrected chi connectivity index (χ2v) is 5.49. The van der Waals surface area contributed by atoms with Crippen molar-refractivity contribution in [2.45, 2.75) is 96.5 Å². The molecule has 0 fully saturated rings. The molecule has 2 N–H and O–H groups in total. The molecule has 0 amide bonds. The van der Waals surface area contributed by atoms with Crippen LogP contribution in [0.25, 0.3) is 0 Å². The number of unbranched alkanes of at least 4 members (excludes halogenated alkanes) is 9. The number of aliphatic hydroxyl groups excluding tert-OH is 2. The maximum atomic E-state index is 9.76. The van der Waals surface area contributed by atoms with Crippen LogP contribution in [0.1, 0.15) is 90.4 Å². The number of aliphatic hydroxyl groups is 2. The molecule has 18 heavy (non-hydrogen) atoms. The first-order valence-corrected chi connectivity index (χ1v) is 8.10. The highest BCUT2D eigenvalue weighted by Gasteiger charge is 2.03. The van der Waals surface area contributed by atoms with Gasteiger partial charge in [0.25, 0.3) is 0 Å². The topological polar surface area (TPSA) is 40.5 Å². The fraction of sp³-hybridized carbons (Fsp3) is 1.00. The molecule has 0 aromatic heterocycles. The number of hydrogen-bond acceptors (Lipinski definition) is 2. The van der Waals surface area contributed by atoms with Gasteiger partial charge >= 0.3 is 0 Å². The molecule has 1 atom stereocenters. The Morgan fingerprint density at radius 1 is 0.667 bits per heavy atom. The van der Waals surface area contributed by atoms with Crippen molar-refractivity contribution in [2.75, 3.05) is 6.61 Å². The standard InChI is InChI=1S/C16H34O2/c1-2-3-4-5-6-7-8-10-13-16(18)14-11-9-12-15-17/h16-18H,2-15H2,1H3. The molecule has 0 aliphatic heterocycles.